The molecule has 19 heavy (non-hydrogen) atoms. The first kappa shape index (κ1) is 13.6. The van der Waals surface area contributed by atoms with E-state index in [0.29, 0.717) is 11.3 Å². The average molecular weight is 260 g/mol. The Bertz CT molecular complexity index is 555. The lowest BCUT2D eigenvalue weighted by molar-refractivity contribution is 0.306. The molecule has 0 heterocycles. The van der Waals surface area contributed by atoms with Gasteiger partial charge in [0, 0.05) is 5.46 Å². The number of hydrogen-bond donors (Lipinski definition) is 2. The lowest BCUT2D eigenvalue weighted by Gasteiger charge is -2.08. The zero-order chi connectivity index (χ0) is 13.8. The second-order valence-corrected chi connectivity index (χ2v) is 4.33. The molecule has 98 valence electrons. The van der Waals surface area contributed by atoms with Crippen LogP contribution in [0.4, 0.5) is 4.39 Å². The minimum absolute atomic E-state index is 0.148. The summed E-state index contributed by atoms with van der Waals surface area (Å²) in [5.74, 6) is 0.0649. The van der Waals surface area contributed by atoms with Crippen molar-refractivity contribution in [3.8, 4) is 5.75 Å². The summed E-state index contributed by atoms with van der Waals surface area (Å²) in [6.07, 6.45) is 0. The van der Waals surface area contributed by atoms with Crippen LogP contribution in [0.15, 0.2) is 42.5 Å². The van der Waals surface area contributed by atoms with E-state index in [1.807, 2.05) is 31.2 Å². The van der Waals surface area contributed by atoms with Crippen LogP contribution in [-0.2, 0) is 6.61 Å². The minimum Gasteiger partial charge on any atom is -0.489 e. The Morgan fingerprint density at radius 3 is 2.42 bits per heavy atom. The largest absolute Gasteiger partial charge is 0.491 e. The summed E-state index contributed by atoms with van der Waals surface area (Å²) in [6, 6.07) is 11.7. The number of hydrogen-bond acceptors (Lipinski definition) is 3. The molecular weight excluding hydrogens is 246 g/mol. The van der Waals surface area contributed by atoms with Crippen LogP contribution < -0.4 is 10.2 Å². The topological polar surface area (TPSA) is 49.7 Å². The van der Waals surface area contributed by atoms with E-state index in [9.17, 15) is 4.39 Å². The Hall–Kier alpha value is -1.85. The number of rotatable bonds is 4. The molecule has 0 spiro atoms. The Morgan fingerprint density at radius 2 is 1.79 bits per heavy atom. The molecule has 3 nitrogen and oxygen atoms in total. The van der Waals surface area contributed by atoms with Crippen molar-refractivity contribution < 1.29 is 19.2 Å². The highest BCUT2D eigenvalue weighted by Gasteiger charge is 2.16. The van der Waals surface area contributed by atoms with Gasteiger partial charge in [0.1, 0.15) is 18.2 Å². The van der Waals surface area contributed by atoms with Gasteiger partial charge >= 0.3 is 7.12 Å². The Labute approximate surface area is 111 Å². The van der Waals surface area contributed by atoms with Gasteiger partial charge in [0.15, 0.2) is 0 Å². The second-order valence-electron chi connectivity index (χ2n) is 4.33. The Kier molecular flexibility index (Phi) is 4.19. The van der Waals surface area contributed by atoms with Crippen LogP contribution in [0.25, 0.3) is 0 Å². The van der Waals surface area contributed by atoms with Gasteiger partial charge in [-0.2, -0.15) is 0 Å². The Balaban J connectivity index is 2.07. The lowest BCUT2D eigenvalue weighted by atomic mass is 9.79. The highest BCUT2D eigenvalue weighted by molar-refractivity contribution is 6.58. The normalized spacial score (nSPS) is 10.3. The van der Waals surface area contributed by atoms with Gasteiger partial charge in [-0.15, -0.1) is 0 Å². The van der Waals surface area contributed by atoms with E-state index in [1.54, 1.807) is 6.07 Å². The van der Waals surface area contributed by atoms with Crippen LogP contribution in [0.2, 0.25) is 0 Å². The first-order valence-corrected chi connectivity index (χ1v) is 5.90. The number of ether oxygens (including phenoxy) is 1. The van der Waals surface area contributed by atoms with Gasteiger partial charge in [0.25, 0.3) is 0 Å². The van der Waals surface area contributed by atoms with Crippen molar-refractivity contribution >= 4 is 12.6 Å². The molecule has 2 aromatic rings. The summed E-state index contributed by atoms with van der Waals surface area (Å²) in [6.45, 7) is 2.22. The summed E-state index contributed by atoms with van der Waals surface area (Å²) in [7, 11) is -1.82. The van der Waals surface area contributed by atoms with Crippen molar-refractivity contribution in [2.45, 2.75) is 13.5 Å². The van der Waals surface area contributed by atoms with Crippen LogP contribution >= 0.6 is 0 Å². The highest BCUT2D eigenvalue weighted by Crippen LogP contribution is 2.13. The molecule has 0 aliphatic carbocycles. The Morgan fingerprint density at radius 1 is 1.11 bits per heavy atom. The van der Waals surface area contributed by atoms with Crippen LogP contribution in [-0.4, -0.2) is 17.2 Å². The van der Waals surface area contributed by atoms with Crippen LogP contribution in [0.3, 0.4) is 0 Å². The molecule has 0 fully saturated rings. The SMILES string of the molecule is Cc1ccc(OCc2ccc(F)c(B(O)O)c2)cc1. The van der Waals surface area contributed by atoms with Gasteiger partial charge in [-0.25, -0.2) is 4.39 Å². The van der Waals surface area contributed by atoms with E-state index in [-0.39, 0.29) is 12.1 Å². The highest BCUT2D eigenvalue weighted by atomic mass is 19.1. The zero-order valence-corrected chi connectivity index (χ0v) is 10.5. The summed E-state index contributed by atoms with van der Waals surface area (Å²) in [4.78, 5) is 0. The first-order chi connectivity index (χ1) is 9.06. The summed E-state index contributed by atoms with van der Waals surface area (Å²) < 4.78 is 18.8. The molecule has 5 heteroatoms. The molecule has 0 amide bonds. The number of halogens is 1. The fourth-order valence-corrected chi connectivity index (χ4v) is 1.68. The molecule has 0 radical (unpaired) electrons. The molecule has 2 rings (SSSR count). The molecule has 0 aliphatic rings. The van der Waals surface area contributed by atoms with Crippen LogP contribution in [0.1, 0.15) is 11.1 Å². The van der Waals surface area contributed by atoms with E-state index >= 15 is 0 Å². The van der Waals surface area contributed by atoms with Crippen molar-refractivity contribution in [2.75, 3.05) is 0 Å². The molecule has 0 atom stereocenters. The van der Waals surface area contributed by atoms with Gasteiger partial charge < -0.3 is 14.8 Å². The van der Waals surface area contributed by atoms with E-state index in [0.717, 1.165) is 5.56 Å². The molecule has 0 saturated heterocycles. The predicted molar refractivity (Wildman–Crippen MR) is 71.7 cm³/mol. The quantitative estimate of drug-likeness (QED) is 0.817. The lowest BCUT2D eigenvalue weighted by Crippen LogP contribution is -2.33. The average Bonchev–Trinajstić information content (AvgIpc) is 2.39. The summed E-state index contributed by atoms with van der Waals surface area (Å²) in [5, 5.41) is 18.0. The monoisotopic (exact) mass is 260 g/mol. The van der Waals surface area contributed by atoms with Crippen molar-refractivity contribution in [1.29, 1.82) is 0 Å². The third-order valence-electron chi connectivity index (χ3n) is 2.77. The smallest absolute Gasteiger partial charge is 0.489 e. The molecule has 2 N–H and O–H groups in total. The van der Waals surface area contributed by atoms with Crippen molar-refractivity contribution in [1.82, 2.24) is 0 Å². The van der Waals surface area contributed by atoms with E-state index in [2.05, 4.69) is 0 Å². The van der Waals surface area contributed by atoms with Crippen LogP contribution in [0.5, 0.6) is 5.75 Å². The van der Waals surface area contributed by atoms with Gasteiger partial charge in [-0.05, 0) is 30.7 Å². The number of benzene rings is 2. The van der Waals surface area contributed by atoms with Crippen molar-refractivity contribution in [2.24, 2.45) is 0 Å². The van der Waals surface area contributed by atoms with Gasteiger partial charge in [-0.3, -0.25) is 0 Å². The summed E-state index contributed by atoms with van der Waals surface area (Å²) in [5.41, 5.74) is 1.66. The van der Waals surface area contributed by atoms with Crippen LogP contribution in [0, 0.1) is 12.7 Å². The predicted octanol–water partition coefficient (Wildman–Crippen LogP) is 1.39. The van der Waals surface area contributed by atoms with Crippen molar-refractivity contribution in [3.63, 3.8) is 0 Å². The van der Waals surface area contributed by atoms with E-state index in [1.165, 1.54) is 12.1 Å². The molecule has 0 aromatic heterocycles. The molecular formula is C14H14BFO3. The van der Waals surface area contributed by atoms with E-state index in [4.69, 9.17) is 14.8 Å². The number of aryl methyl sites for hydroxylation is 1. The van der Waals surface area contributed by atoms with E-state index < -0.39 is 12.9 Å². The maximum atomic E-state index is 13.3. The molecule has 0 aliphatic heterocycles. The van der Waals surface area contributed by atoms with Gasteiger partial charge in [-0.1, -0.05) is 29.8 Å². The maximum absolute atomic E-state index is 13.3. The third-order valence-corrected chi connectivity index (χ3v) is 2.77. The standard InChI is InChI=1S/C14H14BFO3/c1-10-2-5-12(6-3-10)19-9-11-4-7-14(16)13(8-11)15(17)18/h2-8,17-18H,9H2,1H3. The minimum atomic E-state index is -1.82. The maximum Gasteiger partial charge on any atom is 0.491 e. The van der Waals surface area contributed by atoms with Gasteiger partial charge in [0.2, 0.25) is 0 Å². The zero-order valence-electron chi connectivity index (χ0n) is 10.5. The molecule has 0 saturated carbocycles. The molecule has 2 aromatic carbocycles. The van der Waals surface area contributed by atoms with Gasteiger partial charge in [0.05, 0.1) is 0 Å². The first-order valence-electron chi connectivity index (χ1n) is 5.90. The molecule has 0 bridgehead atoms. The molecule has 0 unspecified atom stereocenters. The summed E-state index contributed by atoms with van der Waals surface area (Å²) >= 11 is 0. The van der Waals surface area contributed by atoms with Crippen molar-refractivity contribution in [3.05, 3.63) is 59.4 Å². The fourth-order valence-electron chi connectivity index (χ4n) is 1.68. The third kappa shape index (κ3) is 3.56. The second kappa shape index (κ2) is 5.86. The fraction of sp³-hybridized carbons (Fsp3) is 0.143.